The standard InChI is InChI=1S/C12H12Br2N4O2/c1-16-10-5-11(18-12(15)17-10)20-9-4-6(13)8(19-2)3-7(9)14/h3-5H,1-2H3,(H3,15,16,17,18). The fourth-order valence-electron chi connectivity index (χ4n) is 1.48. The molecule has 6 nitrogen and oxygen atoms in total. The van der Waals surface area contributed by atoms with Gasteiger partial charge in [-0.2, -0.15) is 9.97 Å². The van der Waals surface area contributed by atoms with Crippen LogP contribution in [0.25, 0.3) is 0 Å². The van der Waals surface area contributed by atoms with Gasteiger partial charge < -0.3 is 20.5 Å². The summed E-state index contributed by atoms with van der Waals surface area (Å²) >= 11 is 6.82. The fraction of sp³-hybridized carbons (Fsp3) is 0.167. The molecule has 0 unspecified atom stereocenters. The largest absolute Gasteiger partial charge is 0.496 e. The number of hydrogen-bond donors (Lipinski definition) is 2. The van der Waals surface area contributed by atoms with E-state index >= 15 is 0 Å². The lowest BCUT2D eigenvalue weighted by Crippen LogP contribution is -2.01. The summed E-state index contributed by atoms with van der Waals surface area (Å²) < 4.78 is 12.4. The highest BCUT2D eigenvalue weighted by atomic mass is 79.9. The van der Waals surface area contributed by atoms with Crippen molar-refractivity contribution >= 4 is 43.6 Å². The van der Waals surface area contributed by atoms with Crippen molar-refractivity contribution in [3.8, 4) is 17.4 Å². The molecule has 2 aromatic rings. The third-order valence-corrected chi connectivity index (χ3v) is 3.64. The van der Waals surface area contributed by atoms with Gasteiger partial charge in [-0.15, -0.1) is 0 Å². The second-order valence-corrected chi connectivity index (χ2v) is 5.43. The molecular weight excluding hydrogens is 392 g/mol. The number of anilines is 2. The van der Waals surface area contributed by atoms with E-state index in [2.05, 4.69) is 47.1 Å². The Balaban J connectivity index is 2.35. The number of nitrogens with two attached hydrogens (primary N) is 1. The number of nitrogens with one attached hydrogen (secondary N) is 1. The quantitative estimate of drug-likeness (QED) is 0.813. The zero-order valence-corrected chi connectivity index (χ0v) is 13.9. The van der Waals surface area contributed by atoms with Crippen LogP contribution in [0.4, 0.5) is 11.8 Å². The molecule has 1 aromatic carbocycles. The molecule has 0 atom stereocenters. The number of rotatable bonds is 4. The van der Waals surface area contributed by atoms with Gasteiger partial charge in [0.2, 0.25) is 11.8 Å². The van der Waals surface area contributed by atoms with Crippen molar-refractivity contribution in [3.63, 3.8) is 0 Å². The van der Waals surface area contributed by atoms with Crippen LogP contribution in [0.15, 0.2) is 27.1 Å². The highest BCUT2D eigenvalue weighted by Gasteiger charge is 2.11. The molecule has 3 N–H and O–H groups in total. The van der Waals surface area contributed by atoms with Gasteiger partial charge in [-0.25, -0.2) is 0 Å². The van der Waals surface area contributed by atoms with E-state index in [0.717, 1.165) is 8.95 Å². The molecule has 0 bridgehead atoms. The summed E-state index contributed by atoms with van der Waals surface area (Å²) in [4.78, 5) is 8.02. The first-order chi connectivity index (χ1) is 9.53. The number of aromatic nitrogens is 2. The average Bonchev–Trinajstić information content (AvgIpc) is 2.41. The predicted octanol–water partition coefficient (Wildman–Crippen LogP) is 3.43. The van der Waals surface area contributed by atoms with Crippen molar-refractivity contribution in [2.45, 2.75) is 0 Å². The highest BCUT2D eigenvalue weighted by molar-refractivity contribution is 9.11. The van der Waals surface area contributed by atoms with Gasteiger partial charge in [-0.05, 0) is 44.0 Å². The van der Waals surface area contributed by atoms with Crippen LogP contribution >= 0.6 is 31.9 Å². The van der Waals surface area contributed by atoms with Gasteiger partial charge in [0.25, 0.3) is 0 Å². The molecule has 0 spiro atoms. The monoisotopic (exact) mass is 402 g/mol. The zero-order valence-electron chi connectivity index (χ0n) is 10.8. The Morgan fingerprint density at radius 2 is 1.75 bits per heavy atom. The topological polar surface area (TPSA) is 82.3 Å². The third kappa shape index (κ3) is 3.31. The number of benzene rings is 1. The van der Waals surface area contributed by atoms with Gasteiger partial charge in [0.05, 0.1) is 16.1 Å². The van der Waals surface area contributed by atoms with Crippen molar-refractivity contribution in [1.82, 2.24) is 9.97 Å². The number of hydrogen-bond acceptors (Lipinski definition) is 6. The van der Waals surface area contributed by atoms with Crippen molar-refractivity contribution in [3.05, 3.63) is 27.1 Å². The zero-order chi connectivity index (χ0) is 14.7. The fourth-order valence-corrected chi connectivity index (χ4v) is 2.37. The Kier molecular flexibility index (Phi) is 4.66. The Morgan fingerprint density at radius 1 is 1.10 bits per heavy atom. The van der Waals surface area contributed by atoms with Crippen LogP contribution in [0.1, 0.15) is 0 Å². The maximum absolute atomic E-state index is 5.71. The minimum atomic E-state index is 0.135. The molecule has 106 valence electrons. The van der Waals surface area contributed by atoms with E-state index in [0.29, 0.717) is 23.2 Å². The van der Waals surface area contributed by atoms with Crippen LogP contribution in [0.5, 0.6) is 17.4 Å². The molecule has 0 radical (unpaired) electrons. The van der Waals surface area contributed by atoms with E-state index in [-0.39, 0.29) is 5.95 Å². The minimum Gasteiger partial charge on any atom is -0.496 e. The number of halogens is 2. The predicted molar refractivity (Wildman–Crippen MR) is 84.5 cm³/mol. The van der Waals surface area contributed by atoms with Crippen LogP contribution in [0.3, 0.4) is 0 Å². The Bertz CT molecular complexity index is 637. The lowest BCUT2D eigenvalue weighted by atomic mass is 10.3. The van der Waals surface area contributed by atoms with Crippen molar-refractivity contribution in [1.29, 1.82) is 0 Å². The van der Waals surface area contributed by atoms with Crippen LogP contribution in [0, 0.1) is 0 Å². The Morgan fingerprint density at radius 3 is 2.40 bits per heavy atom. The smallest absolute Gasteiger partial charge is 0.226 e. The lowest BCUT2D eigenvalue weighted by molar-refractivity contribution is 0.408. The van der Waals surface area contributed by atoms with Gasteiger partial charge in [-0.1, -0.05) is 0 Å². The second-order valence-electron chi connectivity index (χ2n) is 3.72. The molecule has 0 saturated heterocycles. The summed E-state index contributed by atoms with van der Waals surface area (Å²) in [6.07, 6.45) is 0. The molecule has 1 aromatic heterocycles. The third-order valence-electron chi connectivity index (χ3n) is 2.40. The van der Waals surface area contributed by atoms with Crippen molar-refractivity contribution in [2.24, 2.45) is 0 Å². The van der Waals surface area contributed by atoms with E-state index in [1.54, 1.807) is 32.4 Å². The van der Waals surface area contributed by atoms with E-state index in [1.165, 1.54) is 0 Å². The summed E-state index contributed by atoms with van der Waals surface area (Å²) in [5.74, 6) is 2.34. The number of methoxy groups -OCH3 is 1. The number of ether oxygens (including phenoxy) is 2. The number of nitrogen functional groups attached to an aromatic ring is 1. The van der Waals surface area contributed by atoms with E-state index in [4.69, 9.17) is 15.2 Å². The van der Waals surface area contributed by atoms with Gasteiger partial charge >= 0.3 is 0 Å². The van der Waals surface area contributed by atoms with E-state index < -0.39 is 0 Å². The highest BCUT2D eigenvalue weighted by Crippen LogP contribution is 2.38. The molecule has 0 aliphatic rings. The average molecular weight is 404 g/mol. The van der Waals surface area contributed by atoms with Gasteiger partial charge in [-0.3, -0.25) is 0 Å². The SMILES string of the molecule is CNc1cc(Oc2cc(Br)c(OC)cc2Br)nc(N)n1. The molecule has 2 rings (SSSR count). The first-order valence-electron chi connectivity index (χ1n) is 5.56. The lowest BCUT2D eigenvalue weighted by Gasteiger charge is -2.11. The van der Waals surface area contributed by atoms with Crippen LogP contribution in [0.2, 0.25) is 0 Å². The normalized spacial score (nSPS) is 10.2. The molecule has 0 saturated carbocycles. The minimum absolute atomic E-state index is 0.135. The second kappa shape index (κ2) is 6.27. The summed E-state index contributed by atoms with van der Waals surface area (Å²) in [5, 5.41) is 2.89. The summed E-state index contributed by atoms with van der Waals surface area (Å²) in [6, 6.07) is 5.23. The van der Waals surface area contributed by atoms with E-state index in [1.807, 2.05) is 0 Å². The van der Waals surface area contributed by atoms with Gasteiger partial charge in [0.1, 0.15) is 17.3 Å². The first kappa shape index (κ1) is 14.9. The molecule has 20 heavy (non-hydrogen) atoms. The van der Waals surface area contributed by atoms with Gasteiger partial charge in [0.15, 0.2) is 0 Å². The van der Waals surface area contributed by atoms with Gasteiger partial charge in [0, 0.05) is 13.1 Å². The van der Waals surface area contributed by atoms with Crippen LogP contribution < -0.4 is 20.5 Å². The molecule has 0 fully saturated rings. The number of nitrogens with zero attached hydrogens (tertiary/aromatic N) is 2. The summed E-state index contributed by atoms with van der Waals surface area (Å²) in [7, 11) is 3.34. The Hall–Kier alpha value is -1.54. The first-order valence-corrected chi connectivity index (χ1v) is 7.15. The summed E-state index contributed by atoms with van der Waals surface area (Å²) in [6.45, 7) is 0. The maximum atomic E-state index is 5.71. The van der Waals surface area contributed by atoms with Crippen LogP contribution in [-0.4, -0.2) is 24.1 Å². The van der Waals surface area contributed by atoms with Crippen LogP contribution in [-0.2, 0) is 0 Å². The van der Waals surface area contributed by atoms with E-state index in [9.17, 15) is 0 Å². The molecule has 0 amide bonds. The summed E-state index contributed by atoms with van der Waals surface area (Å²) in [5.41, 5.74) is 5.62. The van der Waals surface area contributed by atoms with Crippen molar-refractivity contribution in [2.75, 3.05) is 25.2 Å². The van der Waals surface area contributed by atoms with Crippen molar-refractivity contribution < 1.29 is 9.47 Å². The molecule has 1 heterocycles. The molecule has 0 aliphatic carbocycles. The maximum Gasteiger partial charge on any atom is 0.226 e. The molecular formula is C12H12Br2N4O2. The Labute approximate surface area is 133 Å². The molecule has 0 aliphatic heterocycles. The molecule has 8 heteroatoms.